The molecule has 0 bridgehead atoms. The third-order valence-corrected chi connectivity index (χ3v) is 4.87. The van der Waals surface area contributed by atoms with Crippen LogP contribution in [0.1, 0.15) is 9.67 Å². The summed E-state index contributed by atoms with van der Waals surface area (Å²) in [5, 5.41) is 7.57. The van der Waals surface area contributed by atoms with E-state index in [2.05, 4.69) is 15.5 Å². The molecule has 7 heteroatoms. The molecular weight excluding hydrogens is 324 g/mol. The molecule has 0 atom stereocenters. The van der Waals surface area contributed by atoms with Crippen molar-refractivity contribution >= 4 is 34.6 Å². The van der Waals surface area contributed by atoms with Gasteiger partial charge in [-0.25, -0.2) is 4.79 Å². The third-order valence-electron chi connectivity index (χ3n) is 4.00. The number of nitrogens with one attached hydrogen (secondary N) is 2. The van der Waals surface area contributed by atoms with Crippen molar-refractivity contribution in [1.29, 1.82) is 0 Å². The highest BCUT2D eigenvalue weighted by atomic mass is 32.1. The summed E-state index contributed by atoms with van der Waals surface area (Å²) in [5.74, 6) is -0.148. The zero-order chi connectivity index (χ0) is 17.1. The fraction of sp³-hybridized carbons (Fsp3) is 0.294. The summed E-state index contributed by atoms with van der Waals surface area (Å²) in [6.07, 6.45) is 0. The minimum Gasteiger partial charge on any atom is -0.321 e. The van der Waals surface area contributed by atoms with Crippen LogP contribution in [-0.4, -0.2) is 55.0 Å². The van der Waals surface area contributed by atoms with E-state index in [1.165, 1.54) is 11.3 Å². The molecule has 3 rings (SSSR count). The SMILES string of the molecule is CN(C)C1CN(C(=O)Nc2cccc(NC(=O)c3cccs3)c2)C1. The number of likely N-dealkylation sites (tertiary alicyclic amines) is 1. The van der Waals surface area contributed by atoms with Crippen LogP contribution in [-0.2, 0) is 0 Å². The summed E-state index contributed by atoms with van der Waals surface area (Å²) in [7, 11) is 4.03. The number of hydrogen-bond acceptors (Lipinski definition) is 4. The summed E-state index contributed by atoms with van der Waals surface area (Å²) >= 11 is 1.39. The second-order valence-corrected chi connectivity index (χ2v) is 6.91. The van der Waals surface area contributed by atoms with E-state index in [4.69, 9.17) is 0 Å². The molecule has 1 aromatic carbocycles. The summed E-state index contributed by atoms with van der Waals surface area (Å²) in [6.45, 7) is 1.46. The van der Waals surface area contributed by atoms with Gasteiger partial charge >= 0.3 is 6.03 Å². The average molecular weight is 344 g/mol. The van der Waals surface area contributed by atoms with E-state index in [1.54, 1.807) is 29.2 Å². The maximum atomic E-state index is 12.2. The van der Waals surface area contributed by atoms with Gasteiger partial charge in [-0.1, -0.05) is 12.1 Å². The second kappa shape index (κ2) is 7.02. The molecule has 3 amide bonds. The molecule has 2 aromatic rings. The minimum atomic E-state index is -0.148. The van der Waals surface area contributed by atoms with E-state index in [0.717, 1.165) is 13.1 Å². The molecule has 0 spiro atoms. The van der Waals surface area contributed by atoms with E-state index in [-0.39, 0.29) is 11.9 Å². The number of urea groups is 1. The quantitative estimate of drug-likeness (QED) is 0.896. The summed E-state index contributed by atoms with van der Waals surface area (Å²) < 4.78 is 0. The monoisotopic (exact) mass is 344 g/mol. The van der Waals surface area contributed by atoms with Gasteiger partial charge in [-0.2, -0.15) is 0 Å². The first-order valence-electron chi connectivity index (χ1n) is 7.70. The zero-order valence-electron chi connectivity index (χ0n) is 13.7. The highest BCUT2D eigenvalue weighted by Crippen LogP contribution is 2.19. The topological polar surface area (TPSA) is 64.7 Å². The van der Waals surface area contributed by atoms with E-state index in [9.17, 15) is 9.59 Å². The normalized spacial score (nSPS) is 14.4. The number of benzene rings is 1. The van der Waals surface area contributed by atoms with Crippen LogP contribution in [0.2, 0.25) is 0 Å². The van der Waals surface area contributed by atoms with E-state index in [1.807, 2.05) is 31.6 Å². The van der Waals surface area contributed by atoms with Crippen LogP contribution in [0.25, 0.3) is 0 Å². The third kappa shape index (κ3) is 3.74. The number of carbonyl (C=O) groups is 2. The molecule has 1 aliphatic heterocycles. The number of hydrogen-bond donors (Lipinski definition) is 2. The number of carbonyl (C=O) groups excluding carboxylic acids is 2. The fourth-order valence-corrected chi connectivity index (χ4v) is 3.04. The molecule has 0 saturated carbocycles. The Balaban J connectivity index is 1.57. The van der Waals surface area contributed by atoms with Crippen LogP contribution < -0.4 is 10.6 Å². The summed E-state index contributed by atoms with van der Waals surface area (Å²) in [5.41, 5.74) is 1.32. The molecule has 1 aliphatic rings. The van der Waals surface area contributed by atoms with Crippen molar-refractivity contribution < 1.29 is 9.59 Å². The van der Waals surface area contributed by atoms with Gasteiger partial charge in [0.05, 0.1) is 4.88 Å². The van der Waals surface area contributed by atoms with E-state index < -0.39 is 0 Å². The molecule has 1 aromatic heterocycles. The smallest absolute Gasteiger partial charge is 0.321 e. The largest absolute Gasteiger partial charge is 0.321 e. The lowest BCUT2D eigenvalue weighted by Crippen LogP contribution is -2.60. The van der Waals surface area contributed by atoms with Crippen LogP contribution in [0.3, 0.4) is 0 Å². The standard InChI is InChI=1S/C17H20N4O2S/c1-20(2)14-10-21(11-14)17(23)19-13-6-3-5-12(9-13)18-16(22)15-7-4-8-24-15/h3-9,14H,10-11H2,1-2H3,(H,18,22)(H,19,23). The molecule has 6 nitrogen and oxygen atoms in total. The molecular formula is C17H20N4O2S. The number of anilines is 2. The van der Waals surface area contributed by atoms with Gasteiger partial charge in [0.1, 0.15) is 0 Å². The van der Waals surface area contributed by atoms with Gasteiger partial charge in [-0.3, -0.25) is 4.79 Å². The van der Waals surface area contributed by atoms with Crippen LogP contribution in [0, 0.1) is 0 Å². The van der Waals surface area contributed by atoms with Crippen molar-refractivity contribution in [2.24, 2.45) is 0 Å². The van der Waals surface area contributed by atoms with Gasteiger partial charge in [0.2, 0.25) is 0 Å². The maximum absolute atomic E-state index is 12.2. The van der Waals surface area contributed by atoms with E-state index >= 15 is 0 Å². The molecule has 0 unspecified atom stereocenters. The van der Waals surface area contributed by atoms with Crippen molar-refractivity contribution in [3.63, 3.8) is 0 Å². The number of nitrogens with zero attached hydrogens (tertiary/aromatic N) is 2. The van der Waals surface area contributed by atoms with Gasteiger partial charge in [0.25, 0.3) is 5.91 Å². The molecule has 0 aliphatic carbocycles. The highest BCUT2D eigenvalue weighted by Gasteiger charge is 2.31. The molecule has 1 saturated heterocycles. The van der Waals surface area contributed by atoms with Gasteiger partial charge in [-0.15, -0.1) is 11.3 Å². The van der Waals surface area contributed by atoms with Crippen molar-refractivity contribution in [2.75, 3.05) is 37.8 Å². The molecule has 126 valence electrons. The Labute approximate surface area is 145 Å². The Hall–Kier alpha value is -2.38. The zero-order valence-corrected chi connectivity index (χ0v) is 14.5. The van der Waals surface area contributed by atoms with Crippen LogP contribution >= 0.6 is 11.3 Å². The van der Waals surface area contributed by atoms with E-state index in [0.29, 0.717) is 22.3 Å². The predicted octanol–water partition coefficient (Wildman–Crippen LogP) is 2.78. The fourth-order valence-electron chi connectivity index (χ4n) is 2.43. The number of amides is 3. The Bertz CT molecular complexity index is 724. The lowest BCUT2D eigenvalue weighted by Gasteiger charge is -2.42. The molecule has 2 N–H and O–H groups in total. The predicted molar refractivity (Wildman–Crippen MR) is 96.8 cm³/mol. The molecule has 1 fully saturated rings. The van der Waals surface area contributed by atoms with Gasteiger partial charge in [0, 0.05) is 30.5 Å². The summed E-state index contributed by atoms with van der Waals surface area (Å²) in [6, 6.07) is 11.1. The first-order valence-corrected chi connectivity index (χ1v) is 8.58. The van der Waals surface area contributed by atoms with Crippen molar-refractivity contribution in [1.82, 2.24) is 9.80 Å². The number of thiophene rings is 1. The molecule has 2 heterocycles. The molecule has 0 radical (unpaired) electrons. The maximum Gasteiger partial charge on any atom is 0.321 e. The van der Waals surface area contributed by atoms with Crippen LogP contribution in [0.4, 0.5) is 16.2 Å². The second-order valence-electron chi connectivity index (χ2n) is 5.96. The Morgan fingerprint density at radius 3 is 2.46 bits per heavy atom. The van der Waals surface area contributed by atoms with Crippen LogP contribution in [0.5, 0.6) is 0 Å². The minimum absolute atomic E-state index is 0.116. The van der Waals surface area contributed by atoms with Crippen molar-refractivity contribution in [3.8, 4) is 0 Å². The molecule has 24 heavy (non-hydrogen) atoms. The van der Waals surface area contributed by atoms with Crippen LogP contribution in [0.15, 0.2) is 41.8 Å². The first kappa shape index (κ1) is 16.5. The summed E-state index contributed by atoms with van der Waals surface area (Å²) in [4.78, 5) is 28.8. The van der Waals surface area contributed by atoms with Gasteiger partial charge in [-0.05, 0) is 43.7 Å². The first-order chi connectivity index (χ1) is 11.5. The number of likely N-dealkylation sites (N-methyl/N-ethyl adjacent to an activating group) is 1. The Morgan fingerprint density at radius 1 is 1.12 bits per heavy atom. The Kier molecular flexibility index (Phi) is 4.82. The van der Waals surface area contributed by atoms with Gasteiger partial charge < -0.3 is 20.4 Å². The van der Waals surface area contributed by atoms with Gasteiger partial charge in [0.15, 0.2) is 0 Å². The Morgan fingerprint density at radius 2 is 1.83 bits per heavy atom. The number of rotatable bonds is 4. The lowest BCUT2D eigenvalue weighted by atomic mass is 10.1. The highest BCUT2D eigenvalue weighted by molar-refractivity contribution is 7.12. The lowest BCUT2D eigenvalue weighted by molar-refractivity contribution is 0.0942. The van der Waals surface area contributed by atoms with Crippen molar-refractivity contribution in [3.05, 3.63) is 46.7 Å². The van der Waals surface area contributed by atoms with Crippen molar-refractivity contribution in [2.45, 2.75) is 6.04 Å². The average Bonchev–Trinajstić information content (AvgIpc) is 2.99.